The summed E-state index contributed by atoms with van der Waals surface area (Å²) in [5, 5.41) is 7.58. The first-order valence-corrected chi connectivity index (χ1v) is 9.94. The Bertz CT molecular complexity index is 797. The highest BCUT2D eigenvalue weighted by Crippen LogP contribution is 2.46. The molecular weight excluding hydrogens is 330 g/mol. The summed E-state index contributed by atoms with van der Waals surface area (Å²) < 4.78 is 0. The summed E-state index contributed by atoms with van der Waals surface area (Å²) in [6.45, 7) is 7.03. The third-order valence-electron chi connectivity index (χ3n) is 6.04. The minimum Gasteiger partial charge on any atom is -0.351 e. The predicted octanol–water partition coefficient (Wildman–Crippen LogP) is 4.54. The number of carbonyl (C=O) groups is 1. The standard InChI is InChI=1S/C20H25N3OS/c1-4-20(2,3)12-8-9-13-15(11-12)25-19-16(13)18(24)22-17(23-19)14-7-5-6-10-21-14/h5-7,10,12,17,23H,4,8-9,11H2,1-3H3,(H,22,24). The van der Waals surface area contributed by atoms with E-state index in [1.54, 1.807) is 17.5 Å². The molecule has 5 heteroatoms. The van der Waals surface area contributed by atoms with Crippen LogP contribution < -0.4 is 10.6 Å². The maximum absolute atomic E-state index is 12.8. The van der Waals surface area contributed by atoms with Crippen molar-refractivity contribution in [2.45, 2.75) is 52.6 Å². The van der Waals surface area contributed by atoms with Gasteiger partial charge in [0.05, 0.1) is 11.3 Å². The van der Waals surface area contributed by atoms with Crippen molar-refractivity contribution in [3.05, 3.63) is 46.1 Å². The van der Waals surface area contributed by atoms with Crippen LogP contribution in [-0.2, 0) is 12.8 Å². The van der Waals surface area contributed by atoms with Crippen LogP contribution in [0.4, 0.5) is 5.00 Å². The van der Waals surface area contributed by atoms with Gasteiger partial charge in [0.2, 0.25) is 0 Å². The number of thiophene rings is 1. The Hall–Kier alpha value is -1.88. The number of amides is 1. The number of aromatic nitrogens is 1. The molecule has 132 valence electrons. The fourth-order valence-electron chi connectivity index (χ4n) is 3.95. The van der Waals surface area contributed by atoms with Crippen LogP contribution in [0.1, 0.15) is 66.3 Å². The summed E-state index contributed by atoms with van der Waals surface area (Å²) in [7, 11) is 0. The van der Waals surface area contributed by atoms with Crippen LogP contribution in [0.15, 0.2) is 24.4 Å². The molecule has 0 saturated heterocycles. The first-order valence-electron chi connectivity index (χ1n) is 9.12. The third-order valence-corrected chi connectivity index (χ3v) is 7.23. The fourth-order valence-corrected chi connectivity index (χ4v) is 5.30. The number of carbonyl (C=O) groups excluding carboxylic acids is 1. The van der Waals surface area contributed by atoms with Gasteiger partial charge >= 0.3 is 0 Å². The van der Waals surface area contributed by atoms with Crippen LogP contribution in [0.5, 0.6) is 0 Å². The van der Waals surface area contributed by atoms with Gasteiger partial charge in [0, 0.05) is 11.1 Å². The van der Waals surface area contributed by atoms with Crippen LogP contribution in [0, 0.1) is 11.3 Å². The minimum absolute atomic E-state index is 0.0371. The molecule has 0 radical (unpaired) electrons. The van der Waals surface area contributed by atoms with E-state index in [2.05, 4.69) is 36.4 Å². The van der Waals surface area contributed by atoms with Gasteiger partial charge < -0.3 is 10.6 Å². The lowest BCUT2D eigenvalue weighted by atomic mass is 9.69. The molecule has 25 heavy (non-hydrogen) atoms. The van der Waals surface area contributed by atoms with Crippen molar-refractivity contribution >= 4 is 22.2 Å². The van der Waals surface area contributed by atoms with Gasteiger partial charge in [-0.3, -0.25) is 9.78 Å². The van der Waals surface area contributed by atoms with Gasteiger partial charge in [-0.1, -0.05) is 33.3 Å². The lowest BCUT2D eigenvalue weighted by Gasteiger charge is -2.36. The molecule has 4 nitrogen and oxygen atoms in total. The lowest BCUT2D eigenvalue weighted by Crippen LogP contribution is -2.38. The molecule has 1 aliphatic heterocycles. The average Bonchev–Trinajstić information content (AvgIpc) is 3.00. The maximum Gasteiger partial charge on any atom is 0.256 e. The van der Waals surface area contributed by atoms with E-state index in [-0.39, 0.29) is 12.1 Å². The van der Waals surface area contributed by atoms with Gasteiger partial charge in [-0.05, 0) is 48.3 Å². The molecule has 0 bridgehead atoms. The molecule has 0 fully saturated rings. The normalized spacial score (nSPS) is 22.6. The third kappa shape index (κ3) is 2.84. The summed E-state index contributed by atoms with van der Waals surface area (Å²) in [6, 6.07) is 5.78. The topological polar surface area (TPSA) is 54.0 Å². The largest absolute Gasteiger partial charge is 0.351 e. The SMILES string of the molecule is CCC(C)(C)C1CCc2c(sc3c2C(=O)NC(c2ccccn2)N3)C1. The molecule has 0 spiro atoms. The number of pyridine rings is 1. The number of rotatable bonds is 3. The van der Waals surface area contributed by atoms with Gasteiger partial charge in [-0.15, -0.1) is 11.3 Å². The van der Waals surface area contributed by atoms with Crippen LogP contribution in [0.25, 0.3) is 0 Å². The van der Waals surface area contributed by atoms with E-state index >= 15 is 0 Å². The molecular formula is C20H25N3OS. The Labute approximate surface area is 153 Å². The highest BCUT2D eigenvalue weighted by molar-refractivity contribution is 7.16. The van der Waals surface area contributed by atoms with Gasteiger partial charge in [0.1, 0.15) is 11.2 Å². The van der Waals surface area contributed by atoms with E-state index in [9.17, 15) is 4.79 Å². The van der Waals surface area contributed by atoms with Crippen LogP contribution in [0.2, 0.25) is 0 Å². The lowest BCUT2D eigenvalue weighted by molar-refractivity contribution is 0.0934. The number of anilines is 1. The van der Waals surface area contributed by atoms with Crippen molar-refractivity contribution in [1.29, 1.82) is 0 Å². The molecule has 0 saturated carbocycles. The number of hydrogen-bond acceptors (Lipinski definition) is 4. The average molecular weight is 356 g/mol. The number of hydrogen-bond donors (Lipinski definition) is 2. The first kappa shape index (κ1) is 16.6. The van der Waals surface area contributed by atoms with Crippen LogP contribution in [-0.4, -0.2) is 10.9 Å². The van der Waals surface area contributed by atoms with Crippen LogP contribution in [0.3, 0.4) is 0 Å². The van der Waals surface area contributed by atoms with Crippen molar-refractivity contribution in [3.63, 3.8) is 0 Å². The predicted molar refractivity (Wildman–Crippen MR) is 102 cm³/mol. The minimum atomic E-state index is -0.246. The second-order valence-electron chi connectivity index (χ2n) is 7.80. The number of fused-ring (bicyclic) bond motifs is 3. The second kappa shape index (κ2) is 6.13. The van der Waals surface area contributed by atoms with E-state index < -0.39 is 0 Å². The molecule has 2 aromatic rings. The molecule has 0 aromatic carbocycles. The smallest absolute Gasteiger partial charge is 0.256 e. The van der Waals surface area contributed by atoms with E-state index in [1.165, 1.54) is 23.3 Å². The van der Waals surface area contributed by atoms with Crippen LogP contribution >= 0.6 is 11.3 Å². The molecule has 2 aliphatic rings. The molecule has 2 unspecified atom stereocenters. The molecule has 2 N–H and O–H groups in total. The summed E-state index contributed by atoms with van der Waals surface area (Å²) >= 11 is 1.77. The summed E-state index contributed by atoms with van der Waals surface area (Å²) in [4.78, 5) is 18.5. The van der Waals surface area contributed by atoms with E-state index in [0.717, 1.165) is 29.1 Å². The zero-order chi connectivity index (χ0) is 17.6. The van der Waals surface area contributed by atoms with Crippen molar-refractivity contribution in [1.82, 2.24) is 10.3 Å². The molecule has 2 aromatic heterocycles. The van der Waals surface area contributed by atoms with Gasteiger partial charge in [0.15, 0.2) is 0 Å². The van der Waals surface area contributed by atoms with Crippen molar-refractivity contribution in [2.24, 2.45) is 11.3 Å². The molecule has 1 aliphatic carbocycles. The zero-order valence-electron chi connectivity index (χ0n) is 15.1. The highest BCUT2D eigenvalue weighted by Gasteiger charge is 2.37. The fraction of sp³-hybridized carbons (Fsp3) is 0.500. The van der Waals surface area contributed by atoms with E-state index in [1.807, 2.05) is 18.2 Å². The monoisotopic (exact) mass is 355 g/mol. The van der Waals surface area contributed by atoms with Crippen molar-refractivity contribution in [2.75, 3.05) is 5.32 Å². The zero-order valence-corrected chi connectivity index (χ0v) is 15.9. The van der Waals surface area contributed by atoms with Crippen molar-refractivity contribution in [3.8, 4) is 0 Å². The van der Waals surface area contributed by atoms with Gasteiger partial charge in [-0.25, -0.2) is 0 Å². The first-order chi connectivity index (χ1) is 12.0. The van der Waals surface area contributed by atoms with Gasteiger partial charge in [0.25, 0.3) is 5.91 Å². The summed E-state index contributed by atoms with van der Waals surface area (Å²) in [5.74, 6) is 0.731. The van der Waals surface area contributed by atoms with E-state index in [4.69, 9.17) is 0 Å². The highest BCUT2D eigenvalue weighted by atomic mass is 32.1. The second-order valence-corrected chi connectivity index (χ2v) is 8.90. The maximum atomic E-state index is 12.8. The van der Waals surface area contributed by atoms with Crippen molar-refractivity contribution < 1.29 is 4.79 Å². The Morgan fingerprint density at radius 1 is 1.32 bits per heavy atom. The summed E-state index contributed by atoms with van der Waals surface area (Å²) in [6.07, 6.45) is 5.99. The Morgan fingerprint density at radius 2 is 2.16 bits per heavy atom. The quantitative estimate of drug-likeness (QED) is 0.850. The Kier molecular flexibility index (Phi) is 4.07. The molecule has 2 atom stereocenters. The molecule has 4 rings (SSSR count). The number of nitrogens with one attached hydrogen (secondary N) is 2. The Morgan fingerprint density at radius 3 is 2.88 bits per heavy atom. The molecule has 1 amide bonds. The molecule has 3 heterocycles. The van der Waals surface area contributed by atoms with Gasteiger partial charge in [-0.2, -0.15) is 0 Å². The summed E-state index contributed by atoms with van der Waals surface area (Å²) in [5.41, 5.74) is 3.35. The number of nitrogens with zero attached hydrogens (tertiary/aromatic N) is 1. The van der Waals surface area contributed by atoms with E-state index in [0.29, 0.717) is 11.3 Å². The Balaban J connectivity index is 1.64.